The van der Waals surface area contributed by atoms with Gasteiger partial charge in [0.05, 0.1) is 17.7 Å². The minimum atomic E-state index is -0.836. The number of nitrogens with one attached hydrogen (secondary N) is 1. The van der Waals surface area contributed by atoms with Gasteiger partial charge >= 0.3 is 12.1 Å². The van der Waals surface area contributed by atoms with Gasteiger partial charge in [-0.25, -0.2) is 9.59 Å². The monoisotopic (exact) mass is 524 g/mol. The molecule has 1 aliphatic carbocycles. The van der Waals surface area contributed by atoms with Crippen LogP contribution in [0.5, 0.6) is 0 Å². The van der Waals surface area contributed by atoms with Crippen LogP contribution in [0.25, 0.3) is 11.1 Å². The zero-order valence-electron chi connectivity index (χ0n) is 19.9. The van der Waals surface area contributed by atoms with Crippen molar-refractivity contribution >= 4 is 35.2 Å². The lowest BCUT2D eigenvalue weighted by molar-refractivity contribution is -0.0581. The average Bonchev–Trinajstić information content (AvgIpc) is 3.62. The van der Waals surface area contributed by atoms with Crippen LogP contribution in [0.2, 0.25) is 0 Å². The lowest BCUT2D eigenvalue weighted by Crippen LogP contribution is -2.32. The molecule has 6 rings (SSSR count). The molecule has 1 aromatic heterocycles. The van der Waals surface area contributed by atoms with Crippen LogP contribution in [0.3, 0.4) is 0 Å². The minimum Gasteiger partial charge on any atom is -0.449 e. The highest BCUT2D eigenvalue weighted by atomic mass is 32.1. The van der Waals surface area contributed by atoms with E-state index in [2.05, 4.69) is 29.6 Å². The van der Waals surface area contributed by atoms with E-state index in [4.69, 9.17) is 9.57 Å². The van der Waals surface area contributed by atoms with Crippen molar-refractivity contribution in [2.75, 3.05) is 6.61 Å². The third-order valence-electron chi connectivity index (χ3n) is 6.54. The van der Waals surface area contributed by atoms with Gasteiger partial charge in [-0.3, -0.25) is 9.59 Å². The molecule has 0 radical (unpaired) electrons. The number of carbonyl (C=O) groups is 4. The second-order valence-electron chi connectivity index (χ2n) is 8.77. The van der Waals surface area contributed by atoms with Crippen molar-refractivity contribution in [1.82, 2.24) is 10.4 Å². The molecule has 3 amide bonds. The molecule has 1 N–H and O–H groups in total. The summed E-state index contributed by atoms with van der Waals surface area (Å²) in [6.45, 7) is 0.337. The van der Waals surface area contributed by atoms with Gasteiger partial charge < -0.3 is 14.9 Å². The number of alkyl carbamates (subject to hydrolysis) is 1. The molecule has 0 fully saturated rings. The van der Waals surface area contributed by atoms with Gasteiger partial charge in [0, 0.05) is 10.8 Å². The standard InChI is InChI=1S/C29H20N2O6S/c32-26-22-11-5-6-12-23(22)27(33)31(26)37-28(34)25-14-13-17(38-25)15-30-29(35)36-16-24-20-9-3-1-7-18(20)19-8-2-4-10-21(19)24/h1-14,24H,15-16H2,(H,30,35). The first kappa shape index (κ1) is 23.6. The van der Waals surface area contributed by atoms with Crippen LogP contribution in [-0.2, 0) is 16.1 Å². The molecule has 9 heteroatoms. The fraction of sp³-hybridized carbons (Fsp3) is 0.103. The van der Waals surface area contributed by atoms with Crippen molar-refractivity contribution < 1.29 is 28.8 Å². The molecule has 0 atom stereocenters. The van der Waals surface area contributed by atoms with Gasteiger partial charge in [0.2, 0.25) is 0 Å². The number of hydrogen-bond donors (Lipinski definition) is 1. The van der Waals surface area contributed by atoms with Gasteiger partial charge in [-0.15, -0.1) is 11.3 Å². The summed E-state index contributed by atoms with van der Waals surface area (Å²) >= 11 is 1.08. The molecule has 4 aromatic rings. The predicted octanol–water partition coefficient (Wildman–Crippen LogP) is 5.15. The molecular formula is C29H20N2O6S. The Balaban J connectivity index is 1.04. The van der Waals surface area contributed by atoms with E-state index in [-0.39, 0.29) is 35.1 Å². The van der Waals surface area contributed by atoms with E-state index in [1.54, 1.807) is 18.2 Å². The van der Waals surface area contributed by atoms with E-state index < -0.39 is 23.9 Å². The lowest BCUT2D eigenvalue weighted by atomic mass is 9.98. The Morgan fingerprint density at radius 2 is 1.32 bits per heavy atom. The van der Waals surface area contributed by atoms with Gasteiger partial charge in [0.25, 0.3) is 11.8 Å². The van der Waals surface area contributed by atoms with E-state index in [9.17, 15) is 19.2 Å². The summed E-state index contributed by atoms with van der Waals surface area (Å²) in [5, 5.41) is 3.17. The topological polar surface area (TPSA) is 102 Å². The van der Waals surface area contributed by atoms with Gasteiger partial charge in [-0.1, -0.05) is 65.7 Å². The van der Waals surface area contributed by atoms with E-state index >= 15 is 0 Å². The van der Waals surface area contributed by atoms with Gasteiger partial charge in [-0.05, 0) is 46.5 Å². The summed E-state index contributed by atoms with van der Waals surface area (Å²) in [5.41, 5.74) is 4.92. The van der Waals surface area contributed by atoms with Crippen LogP contribution in [0, 0.1) is 0 Å². The van der Waals surface area contributed by atoms with E-state index in [0.717, 1.165) is 33.6 Å². The number of benzene rings is 3. The zero-order chi connectivity index (χ0) is 26.2. The highest BCUT2D eigenvalue weighted by molar-refractivity contribution is 7.13. The molecule has 3 aromatic carbocycles. The Hall–Kier alpha value is -4.76. The molecule has 2 heterocycles. The van der Waals surface area contributed by atoms with Crippen LogP contribution in [0.1, 0.15) is 52.3 Å². The quantitative estimate of drug-likeness (QED) is 0.350. The molecule has 0 unspecified atom stereocenters. The summed E-state index contributed by atoms with van der Waals surface area (Å²) in [5.74, 6) is -2.25. The van der Waals surface area contributed by atoms with Crippen molar-refractivity contribution in [3.05, 3.63) is 117 Å². The van der Waals surface area contributed by atoms with Gasteiger partial charge in [0.15, 0.2) is 0 Å². The number of carbonyl (C=O) groups excluding carboxylic acids is 4. The summed E-state index contributed by atoms with van der Waals surface area (Å²) in [4.78, 5) is 55.8. The minimum absolute atomic E-state index is 0.0431. The highest BCUT2D eigenvalue weighted by Gasteiger charge is 2.39. The van der Waals surface area contributed by atoms with E-state index in [1.165, 1.54) is 18.2 Å². The van der Waals surface area contributed by atoms with Crippen molar-refractivity contribution in [1.29, 1.82) is 0 Å². The normalized spacial score (nSPS) is 13.6. The number of amides is 3. The Morgan fingerprint density at radius 3 is 1.92 bits per heavy atom. The predicted molar refractivity (Wildman–Crippen MR) is 139 cm³/mol. The number of rotatable bonds is 6. The highest BCUT2D eigenvalue weighted by Crippen LogP contribution is 2.44. The second kappa shape index (κ2) is 9.60. The number of nitrogens with zero attached hydrogens (tertiary/aromatic N) is 1. The first-order chi connectivity index (χ1) is 18.5. The van der Waals surface area contributed by atoms with Gasteiger partial charge in [-0.2, -0.15) is 0 Å². The van der Waals surface area contributed by atoms with Crippen molar-refractivity contribution in [2.24, 2.45) is 0 Å². The Morgan fingerprint density at radius 1 is 0.763 bits per heavy atom. The summed E-state index contributed by atoms with van der Waals surface area (Å²) in [7, 11) is 0. The molecule has 0 saturated heterocycles. The smallest absolute Gasteiger partial charge is 0.407 e. The fourth-order valence-corrected chi connectivity index (χ4v) is 5.59. The maximum atomic E-state index is 12.6. The molecule has 0 bridgehead atoms. The van der Waals surface area contributed by atoms with E-state index in [1.807, 2.05) is 24.3 Å². The fourth-order valence-electron chi connectivity index (χ4n) is 4.77. The van der Waals surface area contributed by atoms with Crippen LogP contribution in [-0.4, -0.2) is 35.5 Å². The number of thiophene rings is 1. The molecule has 8 nitrogen and oxygen atoms in total. The SMILES string of the molecule is O=C(NCc1ccc(C(=O)ON2C(=O)c3ccccc3C2=O)s1)OCC1c2ccccc2-c2ccccc21. The van der Waals surface area contributed by atoms with Crippen LogP contribution >= 0.6 is 11.3 Å². The first-order valence-corrected chi connectivity index (χ1v) is 12.7. The Labute approximate surface area is 221 Å². The number of hydroxylamine groups is 2. The van der Waals surface area contributed by atoms with Crippen LogP contribution in [0.4, 0.5) is 4.79 Å². The van der Waals surface area contributed by atoms with Crippen LogP contribution in [0.15, 0.2) is 84.9 Å². The third kappa shape index (κ3) is 4.12. The van der Waals surface area contributed by atoms with Crippen molar-refractivity contribution in [2.45, 2.75) is 12.5 Å². The Kier molecular flexibility index (Phi) is 5.97. The van der Waals surface area contributed by atoms with E-state index in [0.29, 0.717) is 9.94 Å². The number of ether oxygens (including phenoxy) is 1. The number of imide groups is 1. The summed E-state index contributed by atoms with van der Waals surface area (Å²) < 4.78 is 5.54. The zero-order valence-corrected chi connectivity index (χ0v) is 20.7. The maximum absolute atomic E-state index is 12.6. The average molecular weight is 525 g/mol. The van der Waals surface area contributed by atoms with Crippen molar-refractivity contribution in [3.63, 3.8) is 0 Å². The molecular weight excluding hydrogens is 504 g/mol. The van der Waals surface area contributed by atoms with Gasteiger partial charge in [0.1, 0.15) is 11.5 Å². The molecule has 1 aliphatic heterocycles. The molecule has 2 aliphatic rings. The number of fused-ring (bicyclic) bond motifs is 4. The molecule has 38 heavy (non-hydrogen) atoms. The molecule has 188 valence electrons. The van der Waals surface area contributed by atoms with Crippen molar-refractivity contribution in [3.8, 4) is 11.1 Å². The maximum Gasteiger partial charge on any atom is 0.407 e. The largest absolute Gasteiger partial charge is 0.449 e. The van der Waals surface area contributed by atoms with Crippen LogP contribution < -0.4 is 5.32 Å². The Bertz CT molecular complexity index is 1530. The molecule has 0 saturated carbocycles. The lowest BCUT2D eigenvalue weighted by Gasteiger charge is -2.14. The second-order valence-corrected chi connectivity index (χ2v) is 9.94. The molecule has 0 spiro atoms. The summed E-state index contributed by atoms with van der Waals surface area (Å²) in [6, 6.07) is 25.6. The first-order valence-electron chi connectivity index (χ1n) is 11.9. The summed E-state index contributed by atoms with van der Waals surface area (Å²) in [6.07, 6.45) is -0.574. The number of hydrogen-bond acceptors (Lipinski definition) is 7. The third-order valence-corrected chi connectivity index (χ3v) is 7.61.